The van der Waals surface area contributed by atoms with Crippen molar-refractivity contribution in [2.24, 2.45) is 0 Å². The van der Waals surface area contributed by atoms with Crippen molar-refractivity contribution in [1.82, 2.24) is 34.3 Å². The fourth-order valence-corrected chi connectivity index (χ4v) is 3.76. The van der Waals surface area contributed by atoms with Gasteiger partial charge in [0, 0.05) is 95.6 Å². The van der Waals surface area contributed by atoms with Crippen molar-refractivity contribution in [2.75, 3.05) is 95.6 Å². The molecule has 0 spiro atoms. The van der Waals surface area contributed by atoms with E-state index >= 15 is 0 Å². The number of nitrogens with zero attached hydrogens (tertiary/aromatic N) is 7. The third kappa shape index (κ3) is 99.5. The van der Waals surface area contributed by atoms with Crippen LogP contribution >= 0.6 is 85.5 Å². The van der Waals surface area contributed by atoms with E-state index in [0.717, 1.165) is 39.3 Å². The van der Waals surface area contributed by atoms with Crippen LogP contribution in [0.2, 0.25) is 0 Å². The van der Waals surface area contributed by atoms with E-state index in [2.05, 4.69) is 118 Å². The van der Waals surface area contributed by atoms with Crippen LogP contribution in [0.15, 0.2) is 0 Å². The number of hydrogen-bond acceptors (Lipinski definition) is 14. The number of thiocarbonyl (C=S) groups is 7. The second-order valence-corrected chi connectivity index (χ2v) is 18.4. The molecule has 61 heavy (non-hydrogen) atoms. The van der Waals surface area contributed by atoms with Gasteiger partial charge in [-0.1, -0.05) is 69.8 Å². The Morgan fingerprint density at radius 2 is 0.492 bits per heavy atom. The van der Waals surface area contributed by atoms with Gasteiger partial charge < -0.3 is 208 Å². The molecule has 0 heterocycles. The van der Waals surface area contributed by atoms with Crippen LogP contribution in [-0.4, -0.2) is 245 Å². The van der Waals surface area contributed by atoms with Gasteiger partial charge in [-0.2, -0.15) is 0 Å². The second kappa shape index (κ2) is 76.9. The number of hydrogen-bond donors (Lipinski definition) is 0. The van der Waals surface area contributed by atoms with Crippen molar-refractivity contribution in [3.8, 4) is 0 Å². The number of rotatable bonds is 12. The van der Waals surface area contributed by atoms with E-state index in [9.17, 15) is 0 Å². The minimum absolute atomic E-state index is 0. The maximum absolute atomic E-state index is 5.06. The molecule has 0 aromatic heterocycles. The number of unbranched alkanes of at least 4 members (excludes halogenated alkanes) is 4. The average molecular weight is 1700 g/mol. The minimum Gasteiger partial charge on any atom is -0.411 e. The predicted octanol–water partition coefficient (Wildman–Crippen LogP) is 5.81. The third-order valence-corrected chi connectivity index (χ3v) is 10.3. The summed E-state index contributed by atoms with van der Waals surface area (Å²) in [4.78, 5) is 13.0. The van der Waals surface area contributed by atoms with Gasteiger partial charge in [0.15, 0.2) is 0 Å². The van der Waals surface area contributed by atoms with Crippen LogP contribution in [0, 0.1) is 0 Å². The van der Waals surface area contributed by atoms with Crippen molar-refractivity contribution in [3.05, 3.63) is 0 Å². The van der Waals surface area contributed by atoms with Crippen LogP contribution in [0.1, 0.15) is 80.1 Å². The zero-order valence-electron chi connectivity index (χ0n) is 38.7. The van der Waals surface area contributed by atoms with E-state index < -0.39 is 0 Å². The van der Waals surface area contributed by atoms with Gasteiger partial charge in [0.25, 0.3) is 0 Å². The Morgan fingerprint density at radius 1 is 0.344 bits per heavy atom. The summed E-state index contributed by atoms with van der Waals surface area (Å²) in [7, 11) is 14.6. The van der Waals surface area contributed by atoms with Crippen LogP contribution in [-0.2, 0) is 147 Å². The molecule has 14 radical (unpaired) electrons. The third-order valence-electron chi connectivity index (χ3n) is 5.83. The second-order valence-electron chi connectivity index (χ2n) is 11.2. The Hall–Kier alpha value is 5.39. The first-order chi connectivity index (χ1) is 24.7. The fourth-order valence-electron chi connectivity index (χ4n) is 2.36. The molecular weight excluding hydrogens is 1630 g/mol. The Morgan fingerprint density at radius 3 is 0.557 bits per heavy atom. The van der Waals surface area contributed by atoms with Gasteiger partial charge in [0.2, 0.25) is 0 Å². The molecule has 0 fully saturated rings. The fraction of sp³-hybridized carbons (Fsp3) is 0.788. The monoisotopic (exact) mass is 1700 g/mol. The van der Waals surface area contributed by atoms with Crippen molar-refractivity contribution >= 4 is 289 Å². The molecule has 0 aromatic rings. The molecule has 0 rings (SSSR count). The minimum atomic E-state index is 0. The molecule has 7 nitrogen and oxygen atoms in total. The standard InChI is InChI=1S/C11H23NS2.2C5H11NS2.4C3H7NS2.Pb.2Se.Te.3Zn/c1-3-5-7-9-12(11(13)14)10-8-6-4-2;2*1-3-6(4-2)5(7)8;4*1-4(2)3(5)6;;;;;;;/h3-10H2,1-2H3,(H,13,14);2*3-4H2,1-2H3,(H,7,8);4*1-2H3,(H,5,6);;;;;;;/q;;;;;;;7*+2/p-7. The topological polar surface area (TPSA) is 22.7 Å². The summed E-state index contributed by atoms with van der Waals surface area (Å²) in [6.45, 7) is 18.4. The molecule has 338 valence electrons. The van der Waals surface area contributed by atoms with E-state index in [1.807, 2.05) is 93.9 Å². The molecule has 0 aliphatic rings. The molecule has 0 N–H and O–H groups in total. The van der Waals surface area contributed by atoms with Gasteiger partial charge >= 0.3 is 144 Å². The first-order valence-electron chi connectivity index (χ1n) is 17.1. The Kier molecular flexibility index (Phi) is 130. The van der Waals surface area contributed by atoms with Gasteiger partial charge in [-0.15, -0.1) is 0 Å². The molecule has 0 unspecified atom stereocenters. The largest absolute Gasteiger partial charge is 2.00 e. The predicted molar refractivity (Wildman–Crippen MR) is 314 cm³/mol. The molecule has 0 aromatic carbocycles. The van der Waals surface area contributed by atoms with Gasteiger partial charge in [-0.25, -0.2) is 0 Å². The summed E-state index contributed by atoms with van der Waals surface area (Å²) in [5.74, 6) is 0. The van der Waals surface area contributed by atoms with Gasteiger partial charge in [0.1, 0.15) is 0 Å². The van der Waals surface area contributed by atoms with E-state index in [1.54, 1.807) is 19.6 Å². The average Bonchev–Trinajstić information content (AvgIpc) is 3.06. The van der Waals surface area contributed by atoms with Crippen LogP contribution in [0.3, 0.4) is 0 Å². The Bertz CT molecular complexity index is 902. The van der Waals surface area contributed by atoms with Crippen molar-refractivity contribution in [3.63, 3.8) is 0 Å². The molecular formula is C33H66N7PbS14Se2TeZn3+7. The summed E-state index contributed by atoms with van der Waals surface area (Å²) in [6.07, 6.45) is 7.52. The van der Waals surface area contributed by atoms with Crippen LogP contribution < -0.4 is 0 Å². The molecule has 0 aliphatic carbocycles. The zero-order valence-corrected chi connectivity index (χ0v) is 68.7. The van der Waals surface area contributed by atoms with Crippen LogP contribution in [0.25, 0.3) is 0 Å². The Balaban J connectivity index is -0.0000000354. The molecule has 0 bridgehead atoms. The van der Waals surface area contributed by atoms with Gasteiger partial charge in [-0.3, -0.25) is 0 Å². The summed E-state index contributed by atoms with van der Waals surface area (Å²) in [5.41, 5.74) is 0. The van der Waals surface area contributed by atoms with Crippen molar-refractivity contribution in [2.45, 2.75) is 80.1 Å². The molecule has 0 atom stereocenters. The van der Waals surface area contributed by atoms with Crippen LogP contribution in [0.5, 0.6) is 0 Å². The first kappa shape index (κ1) is 103. The summed E-state index contributed by atoms with van der Waals surface area (Å²) >= 11 is 65.6. The zero-order chi connectivity index (χ0) is 44.6. The first-order valence-corrected chi connectivity index (χ1v) is 22.9. The summed E-state index contributed by atoms with van der Waals surface area (Å²) < 4.78 is 3.84. The maximum atomic E-state index is 5.06. The molecule has 0 saturated carbocycles. The smallest absolute Gasteiger partial charge is 0.411 e. The van der Waals surface area contributed by atoms with E-state index in [4.69, 9.17) is 74.5 Å². The molecule has 0 saturated heterocycles. The van der Waals surface area contributed by atoms with Gasteiger partial charge in [0.05, 0.1) is 0 Å². The van der Waals surface area contributed by atoms with Crippen LogP contribution in [0.4, 0.5) is 0 Å². The molecule has 0 amide bonds. The maximum Gasteiger partial charge on any atom is 2.00 e. The normalized spacial score (nSPS) is 7.64. The molecule has 28 heteroatoms. The van der Waals surface area contributed by atoms with Crippen molar-refractivity contribution < 1.29 is 58.4 Å². The van der Waals surface area contributed by atoms with E-state index in [-0.39, 0.29) is 144 Å². The summed E-state index contributed by atoms with van der Waals surface area (Å²) in [6, 6.07) is 0. The summed E-state index contributed by atoms with van der Waals surface area (Å²) in [5, 5.41) is 0. The quantitative estimate of drug-likeness (QED) is 0.102. The SMILES string of the molecule is CCCCCN(CCCCC)C(=S)[S-].CCN(CC)C(=S)[S-].CCN(CC)C(=S)[S-].CN(C)C(=S)[S-].CN(C)C(=S)[S-].CN(C)C(=S)[S-].CN(C)C(=S)[S-].[Pb+2].[Se+2].[Se+2].[Te+2].[Zn+2].[Zn+2].[Zn+2]. The van der Waals surface area contributed by atoms with Crippen molar-refractivity contribution in [1.29, 1.82) is 0 Å². The Labute approximate surface area is 548 Å². The van der Waals surface area contributed by atoms with Gasteiger partial charge in [-0.05, 0) is 40.5 Å². The molecule has 0 aliphatic heterocycles. The van der Waals surface area contributed by atoms with E-state index in [1.165, 1.54) is 38.5 Å². The van der Waals surface area contributed by atoms with E-state index in [0.29, 0.717) is 30.2 Å².